The summed E-state index contributed by atoms with van der Waals surface area (Å²) < 4.78 is 5.80. The third-order valence-corrected chi connectivity index (χ3v) is 5.66. The summed E-state index contributed by atoms with van der Waals surface area (Å²) in [7, 11) is 0. The first-order valence-electron chi connectivity index (χ1n) is 8.33. The highest BCUT2D eigenvalue weighted by atomic mass is 35.5. The van der Waals surface area contributed by atoms with Gasteiger partial charge >= 0.3 is 11.9 Å². The van der Waals surface area contributed by atoms with Crippen LogP contribution in [0.3, 0.4) is 0 Å². The number of hydrogen-bond donors (Lipinski definition) is 2. The van der Waals surface area contributed by atoms with E-state index in [1.54, 1.807) is 36.4 Å². The van der Waals surface area contributed by atoms with E-state index in [0.717, 1.165) is 22.2 Å². The minimum Gasteiger partial charge on any atom is -0.481 e. The number of furan rings is 1. The van der Waals surface area contributed by atoms with Gasteiger partial charge in [-0.25, -0.2) is 4.79 Å². The minimum atomic E-state index is -1.34. The van der Waals surface area contributed by atoms with E-state index in [1.165, 1.54) is 6.08 Å². The second-order valence-electron chi connectivity index (χ2n) is 6.05. The summed E-state index contributed by atoms with van der Waals surface area (Å²) in [6.07, 6.45) is 0.844. The summed E-state index contributed by atoms with van der Waals surface area (Å²) in [4.78, 5) is 36.2. The van der Waals surface area contributed by atoms with Crippen LogP contribution < -0.4 is 0 Å². The van der Waals surface area contributed by atoms with Crippen molar-refractivity contribution in [1.29, 1.82) is 0 Å². The average Bonchev–Trinajstić information content (AvgIpc) is 3.22. The lowest BCUT2D eigenvalue weighted by molar-refractivity contribution is -0.146. The fourth-order valence-electron chi connectivity index (χ4n) is 2.70. The molecular formula is C19H14ClNO6S2. The molecule has 0 spiro atoms. The molecule has 29 heavy (non-hydrogen) atoms. The highest BCUT2D eigenvalue weighted by Gasteiger charge is 2.40. The van der Waals surface area contributed by atoms with Crippen LogP contribution in [-0.2, 0) is 14.4 Å². The number of carboxylic acids is 2. The molecule has 0 saturated carbocycles. The zero-order chi connectivity index (χ0) is 21.1. The van der Waals surface area contributed by atoms with E-state index < -0.39 is 30.3 Å². The van der Waals surface area contributed by atoms with E-state index in [1.807, 2.05) is 0 Å². The topological polar surface area (TPSA) is 108 Å². The monoisotopic (exact) mass is 451 g/mol. The van der Waals surface area contributed by atoms with Gasteiger partial charge in [0.15, 0.2) is 0 Å². The van der Waals surface area contributed by atoms with Crippen LogP contribution in [0.2, 0.25) is 5.02 Å². The zero-order valence-corrected chi connectivity index (χ0v) is 17.1. The number of halogens is 1. The van der Waals surface area contributed by atoms with E-state index >= 15 is 0 Å². The van der Waals surface area contributed by atoms with Gasteiger partial charge in [0.25, 0.3) is 5.91 Å². The second kappa shape index (κ2) is 8.81. The van der Waals surface area contributed by atoms with E-state index in [2.05, 4.69) is 0 Å². The number of carbonyl (C=O) groups excluding carboxylic acids is 1. The molecule has 10 heteroatoms. The minimum absolute atomic E-state index is 0.0588. The Morgan fingerprint density at radius 1 is 1.21 bits per heavy atom. The Hall–Kier alpha value is -2.62. The fraction of sp³-hybridized carbons (Fsp3) is 0.158. The van der Waals surface area contributed by atoms with Crippen LogP contribution in [0.5, 0.6) is 0 Å². The van der Waals surface area contributed by atoms with Crippen molar-refractivity contribution in [2.75, 3.05) is 0 Å². The molecule has 1 amide bonds. The number of amides is 1. The molecule has 1 fully saturated rings. The first-order valence-corrected chi connectivity index (χ1v) is 9.94. The highest BCUT2D eigenvalue weighted by Crippen LogP contribution is 2.35. The first kappa shape index (κ1) is 21.1. The quantitative estimate of drug-likeness (QED) is 0.478. The van der Waals surface area contributed by atoms with Crippen LogP contribution in [-0.4, -0.2) is 43.3 Å². The lowest BCUT2D eigenvalue weighted by Gasteiger charge is -2.22. The van der Waals surface area contributed by atoms with Crippen molar-refractivity contribution in [3.8, 4) is 11.3 Å². The lowest BCUT2D eigenvalue weighted by atomic mass is 10.1. The third-order valence-electron chi connectivity index (χ3n) is 4.08. The molecule has 7 nitrogen and oxygen atoms in total. The molecule has 1 aromatic heterocycles. The summed E-state index contributed by atoms with van der Waals surface area (Å²) in [5.74, 6) is -2.09. The van der Waals surface area contributed by atoms with Crippen LogP contribution in [0, 0.1) is 0 Å². The molecule has 150 valence electrons. The Kier molecular flexibility index (Phi) is 6.41. The Balaban J connectivity index is 1.81. The number of hydrogen-bond acceptors (Lipinski definition) is 6. The molecule has 1 saturated heterocycles. The molecule has 0 radical (unpaired) electrons. The van der Waals surface area contributed by atoms with Crippen LogP contribution >= 0.6 is 35.6 Å². The molecule has 2 heterocycles. The summed E-state index contributed by atoms with van der Waals surface area (Å²) in [5.41, 5.74) is 0.807. The third kappa shape index (κ3) is 4.87. The Morgan fingerprint density at radius 3 is 2.52 bits per heavy atom. The average molecular weight is 452 g/mol. The smallest absolute Gasteiger partial charge is 0.326 e. The number of carbonyl (C=O) groups is 3. The number of thioether (sulfide) groups is 1. The number of benzene rings is 1. The number of rotatable bonds is 7. The molecule has 1 aromatic carbocycles. The van der Waals surface area contributed by atoms with Crippen LogP contribution in [0.15, 0.2) is 45.7 Å². The number of carboxylic acid groups (broad SMARTS) is 2. The molecule has 1 aliphatic rings. The molecule has 1 unspecified atom stereocenters. The van der Waals surface area contributed by atoms with E-state index in [0.29, 0.717) is 16.5 Å². The Bertz CT molecular complexity index is 1010. The van der Waals surface area contributed by atoms with Crippen molar-refractivity contribution < 1.29 is 29.0 Å². The van der Waals surface area contributed by atoms with Crippen LogP contribution in [0.4, 0.5) is 0 Å². The summed E-state index contributed by atoms with van der Waals surface area (Å²) in [5, 5.41) is 18.8. The standard InChI is InChI=1S/C19H14ClNO6S2/c20-11-3-1-10(2-4-11)14-7-5-12(27-14)9-15-17(24)21(19(28)29-15)13(18(25)26)6-8-16(22)23/h1-5,7,9,13H,6,8H2,(H,22,23)(H,25,26)/b15-9-. The molecule has 3 rings (SSSR count). The van der Waals surface area contributed by atoms with Gasteiger partial charge in [-0.3, -0.25) is 14.5 Å². The molecule has 0 aliphatic carbocycles. The van der Waals surface area contributed by atoms with Gasteiger partial charge in [0.2, 0.25) is 0 Å². The molecule has 2 N–H and O–H groups in total. The molecule has 2 aromatic rings. The van der Waals surface area contributed by atoms with Gasteiger partial charge in [0.05, 0.1) is 4.91 Å². The Morgan fingerprint density at radius 2 is 1.90 bits per heavy atom. The lowest BCUT2D eigenvalue weighted by Crippen LogP contribution is -2.44. The van der Waals surface area contributed by atoms with Gasteiger partial charge in [-0.15, -0.1) is 0 Å². The predicted octanol–water partition coefficient (Wildman–Crippen LogP) is 4.12. The fourth-order valence-corrected chi connectivity index (χ4v) is 4.16. The van der Waals surface area contributed by atoms with Crippen LogP contribution in [0.25, 0.3) is 17.4 Å². The summed E-state index contributed by atoms with van der Waals surface area (Å²) >= 11 is 12.0. The predicted molar refractivity (Wildman–Crippen MR) is 112 cm³/mol. The number of nitrogens with zero attached hydrogens (tertiary/aromatic N) is 1. The summed E-state index contributed by atoms with van der Waals surface area (Å²) in [6, 6.07) is 9.12. The SMILES string of the molecule is O=C(O)CCC(C(=O)O)N1C(=O)/C(=C/c2ccc(-c3ccc(Cl)cc3)o2)SC1=S. The zero-order valence-electron chi connectivity index (χ0n) is 14.7. The van der Waals surface area contributed by atoms with Crippen LogP contribution in [0.1, 0.15) is 18.6 Å². The maximum Gasteiger partial charge on any atom is 0.326 e. The van der Waals surface area contributed by atoms with Crippen molar-refractivity contribution in [3.63, 3.8) is 0 Å². The van der Waals surface area contributed by atoms with Gasteiger partial charge in [-0.1, -0.05) is 35.6 Å². The van der Waals surface area contributed by atoms with E-state index in [-0.39, 0.29) is 15.6 Å². The largest absolute Gasteiger partial charge is 0.481 e. The van der Waals surface area contributed by atoms with E-state index in [9.17, 15) is 19.5 Å². The van der Waals surface area contributed by atoms with Gasteiger partial charge in [0.1, 0.15) is 21.9 Å². The van der Waals surface area contributed by atoms with Gasteiger partial charge in [-0.2, -0.15) is 0 Å². The van der Waals surface area contributed by atoms with Crippen molar-refractivity contribution >= 4 is 63.8 Å². The highest BCUT2D eigenvalue weighted by molar-refractivity contribution is 8.26. The maximum atomic E-state index is 12.7. The molecule has 0 bridgehead atoms. The molecule has 1 atom stereocenters. The van der Waals surface area contributed by atoms with Gasteiger partial charge in [0, 0.05) is 23.1 Å². The second-order valence-corrected chi connectivity index (χ2v) is 8.16. The van der Waals surface area contributed by atoms with Crippen molar-refractivity contribution in [2.24, 2.45) is 0 Å². The summed E-state index contributed by atoms with van der Waals surface area (Å²) in [6.45, 7) is 0. The van der Waals surface area contributed by atoms with E-state index in [4.69, 9.17) is 33.3 Å². The number of aliphatic carboxylic acids is 2. The van der Waals surface area contributed by atoms with Crippen molar-refractivity contribution in [1.82, 2.24) is 4.90 Å². The number of thiocarbonyl (C=S) groups is 1. The molecular weight excluding hydrogens is 438 g/mol. The Labute approximate surface area is 179 Å². The van der Waals surface area contributed by atoms with Crippen molar-refractivity contribution in [2.45, 2.75) is 18.9 Å². The first-order chi connectivity index (χ1) is 13.8. The van der Waals surface area contributed by atoms with Gasteiger partial charge < -0.3 is 14.6 Å². The molecule has 1 aliphatic heterocycles. The normalized spacial score (nSPS) is 16.4. The van der Waals surface area contributed by atoms with Crippen molar-refractivity contribution in [3.05, 3.63) is 52.1 Å². The maximum absolute atomic E-state index is 12.7. The van der Waals surface area contributed by atoms with Gasteiger partial charge in [-0.05, 0) is 42.8 Å².